The van der Waals surface area contributed by atoms with Gasteiger partial charge in [-0.25, -0.2) is 14.6 Å². The fourth-order valence-corrected chi connectivity index (χ4v) is 6.18. The van der Waals surface area contributed by atoms with E-state index < -0.39 is 18.0 Å². The lowest BCUT2D eigenvalue weighted by Crippen LogP contribution is -2.40. The number of hydrogen-bond acceptors (Lipinski definition) is 10. The average Bonchev–Trinajstić information content (AvgIpc) is 3.60. The average molecular weight is 631 g/mol. The monoisotopic (exact) mass is 630 g/mol. The lowest BCUT2D eigenvalue weighted by Gasteiger charge is -2.25. The van der Waals surface area contributed by atoms with Gasteiger partial charge in [-0.2, -0.15) is 0 Å². The van der Waals surface area contributed by atoms with Crippen LogP contribution in [0.25, 0.3) is 17.4 Å². The van der Waals surface area contributed by atoms with E-state index in [-0.39, 0.29) is 23.8 Å². The predicted molar refractivity (Wildman–Crippen MR) is 169 cm³/mol. The Bertz CT molecular complexity index is 2000. The second kappa shape index (κ2) is 13.0. The van der Waals surface area contributed by atoms with Crippen molar-refractivity contribution in [1.82, 2.24) is 4.57 Å². The molecule has 1 aliphatic rings. The number of fused-ring (bicyclic) bond motifs is 1. The molecule has 2 aromatic heterocycles. The second-order valence-corrected chi connectivity index (χ2v) is 11.6. The highest BCUT2D eigenvalue weighted by molar-refractivity contribution is 7.07. The molecule has 11 heteroatoms. The summed E-state index contributed by atoms with van der Waals surface area (Å²) in [6.07, 6.45) is 1.57. The van der Waals surface area contributed by atoms with Crippen LogP contribution in [0.15, 0.2) is 74.0 Å². The van der Waals surface area contributed by atoms with Crippen molar-refractivity contribution in [1.29, 1.82) is 0 Å². The molecule has 2 aromatic carbocycles. The third-order valence-electron chi connectivity index (χ3n) is 7.21. The molecule has 0 fully saturated rings. The summed E-state index contributed by atoms with van der Waals surface area (Å²) in [5, 5.41) is 0. The molecule has 234 valence electrons. The molecular weight excluding hydrogens is 596 g/mol. The molecule has 1 atom stereocenters. The molecule has 0 saturated heterocycles. The van der Waals surface area contributed by atoms with E-state index in [1.807, 2.05) is 32.9 Å². The number of rotatable bonds is 9. The lowest BCUT2D eigenvalue weighted by molar-refractivity contribution is -0.139. The molecule has 0 unspecified atom stereocenters. The minimum Gasteiger partial charge on any atom is -0.493 e. The van der Waals surface area contributed by atoms with Crippen molar-refractivity contribution in [2.24, 2.45) is 4.99 Å². The quantitative estimate of drug-likeness (QED) is 0.239. The molecule has 0 saturated carbocycles. The van der Waals surface area contributed by atoms with Crippen LogP contribution in [0.1, 0.15) is 61.0 Å². The van der Waals surface area contributed by atoms with Crippen LogP contribution >= 0.6 is 11.3 Å². The van der Waals surface area contributed by atoms with Gasteiger partial charge in [-0.05, 0) is 82.1 Å². The first-order valence-electron chi connectivity index (χ1n) is 14.4. The van der Waals surface area contributed by atoms with Gasteiger partial charge in [0.05, 0.1) is 54.3 Å². The smallest absolute Gasteiger partial charge is 0.338 e. The van der Waals surface area contributed by atoms with Crippen LogP contribution < -0.4 is 24.4 Å². The van der Waals surface area contributed by atoms with E-state index in [0.29, 0.717) is 49.2 Å². The summed E-state index contributed by atoms with van der Waals surface area (Å²) in [4.78, 5) is 44.5. The van der Waals surface area contributed by atoms with Gasteiger partial charge in [0.2, 0.25) is 0 Å². The molecule has 0 N–H and O–H groups in total. The number of furan rings is 1. The maximum absolute atomic E-state index is 14.0. The van der Waals surface area contributed by atoms with Crippen molar-refractivity contribution < 1.29 is 33.0 Å². The Morgan fingerprint density at radius 1 is 1.04 bits per heavy atom. The molecule has 5 rings (SSSR count). The van der Waals surface area contributed by atoms with Crippen LogP contribution in [0, 0.1) is 6.92 Å². The zero-order valence-electron chi connectivity index (χ0n) is 26.1. The number of hydrogen-bond donors (Lipinski definition) is 0. The number of allylic oxidation sites excluding steroid dienone is 1. The van der Waals surface area contributed by atoms with Gasteiger partial charge in [-0.3, -0.25) is 9.36 Å². The number of ether oxygens (including phenoxy) is 4. The Morgan fingerprint density at radius 2 is 1.82 bits per heavy atom. The lowest BCUT2D eigenvalue weighted by atomic mass is 9.95. The van der Waals surface area contributed by atoms with Gasteiger partial charge in [0, 0.05) is 11.6 Å². The van der Waals surface area contributed by atoms with Gasteiger partial charge in [-0.1, -0.05) is 23.5 Å². The highest BCUT2D eigenvalue weighted by atomic mass is 32.1. The minimum atomic E-state index is -0.819. The summed E-state index contributed by atoms with van der Waals surface area (Å²) in [6, 6.07) is 13.3. The number of methoxy groups -OCH3 is 2. The molecule has 4 aromatic rings. The normalized spacial score (nSPS) is 14.7. The SMILES string of the molecule is CCOC(=O)C1=C(C)N=c2s/c(=C\c3ccc(-c4cc(C(=O)OC)ccc4C)o3)c(=O)n2[C@H]1c1ccc(OC(C)C)c(OC)c1. The minimum absolute atomic E-state index is 0.0810. The Balaban J connectivity index is 1.63. The van der Waals surface area contributed by atoms with Crippen LogP contribution in [0.3, 0.4) is 0 Å². The number of esters is 2. The first-order chi connectivity index (χ1) is 21.6. The highest BCUT2D eigenvalue weighted by Crippen LogP contribution is 2.36. The fourth-order valence-electron chi connectivity index (χ4n) is 5.15. The van der Waals surface area contributed by atoms with E-state index in [9.17, 15) is 14.4 Å². The van der Waals surface area contributed by atoms with Crippen molar-refractivity contribution in [2.75, 3.05) is 20.8 Å². The number of nitrogens with zero attached hydrogens (tertiary/aromatic N) is 2. The Morgan fingerprint density at radius 3 is 2.51 bits per heavy atom. The third-order valence-corrected chi connectivity index (χ3v) is 8.19. The first kappa shape index (κ1) is 31.5. The second-order valence-electron chi connectivity index (χ2n) is 10.6. The first-order valence-corrected chi connectivity index (χ1v) is 15.2. The van der Waals surface area contributed by atoms with E-state index in [0.717, 1.165) is 11.1 Å². The molecule has 45 heavy (non-hydrogen) atoms. The highest BCUT2D eigenvalue weighted by Gasteiger charge is 2.34. The van der Waals surface area contributed by atoms with E-state index in [4.69, 9.17) is 23.4 Å². The fraction of sp³-hybridized carbons (Fsp3) is 0.294. The van der Waals surface area contributed by atoms with Crippen molar-refractivity contribution in [3.05, 3.63) is 102 Å². The summed E-state index contributed by atoms with van der Waals surface area (Å²) < 4.78 is 29.7. The maximum Gasteiger partial charge on any atom is 0.338 e. The third kappa shape index (κ3) is 6.21. The van der Waals surface area contributed by atoms with Crippen LogP contribution in [-0.4, -0.2) is 43.4 Å². The molecule has 0 spiro atoms. The molecule has 0 bridgehead atoms. The zero-order valence-corrected chi connectivity index (χ0v) is 26.9. The van der Waals surface area contributed by atoms with Crippen LogP contribution in [-0.2, 0) is 14.3 Å². The number of carbonyl (C=O) groups excluding carboxylic acids is 2. The molecular formula is C34H34N2O8S. The van der Waals surface area contributed by atoms with Gasteiger partial charge in [0.15, 0.2) is 16.3 Å². The van der Waals surface area contributed by atoms with Gasteiger partial charge in [0.25, 0.3) is 5.56 Å². The van der Waals surface area contributed by atoms with E-state index >= 15 is 0 Å². The standard InChI is InChI=1S/C34H34N2O8S/c1-8-42-33(39)29-20(5)35-34-36(30(29)21-11-13-26(43-18(2)3)27(16-21)40-6)31(37)28(45-34)17-23-12-14-25(44-23)24-15-22(32(38)41-7)10-9-19(24)4/h9-18,30H,8H2,1-7H3/b28-17-/t30-/m0/s1. The summed E-state index contributed by atoms with van der Waals surface area (Å²) in [7, 11) is 2.87. The van der Waals surface area contributed by atoms with Crippen LogP contribution in [0.4, 0.5) is 0 Å². The van der Waals surface area contributed by atoms with E-state index in [2.05, 4.69) is 4.99 Å². The van der Waals surface area contributed by atoms with Crippen molar-refractivity contribution in [3.63, 3.8) is 0 Å². The van der Waals surface area contributed by atoms with E-state index in [1.54, 1.807) is 56.3 Å². The van der Waals surface area contributed by atoms with Gasteiger partial charge in [-0.15, -0.1) is 0 Å². The number of benzene rings is 2. The van der Waals surface area contributed by atoms with Gasteiger partial charge in [0.1, 0.15) is 11.5 Å². The van der Waals surface area contributed by atoms with E-state index in [1.165, 1.54) is 30.1 Å². The zero-order chi connectivity index (χ0) is 32.4. The molecule has 3 heterocycles. The summed E-state index contributed by atoms with van der Waals surface area (Å²) in [5.41, 5.74) is 3.04. The summed E-state index contributed by atoms with van der Waals surface area (Å²) in [5.74, 6) is 0.980. The molecule has 0 radical (unpaired) electrons. The number of aromatic nitrogens is 1. The summed E-state index contributed by atoms with van der Waals surface area (Å²) in [6.45, 7) is 9.37. The van der Waals surface area contributed by atoms with Gasteiger partial charge >= 0.3 is 11.9 Å². The Labute approximate surface area is 263 Å². The maximum atomic E-state index is 14.0. The Hall–Kier alpha value is -4.90. The molecule has 0 aliphatic carbocycles. The van der Waals surface area contributed by atoms with Crippen LogP contribution in [0.5, 0.6) is 11.5 Å². The molecule has 10 nitrogen and oxygen atoms in total. The number of aryl methyl sites for hydroxylation is 1. The topological polar surface area (TPSA) is 119 Å². The molecule has 1 aliphatic heterocycles. The number of thiazole rings is 1. The summed E-state index contributed by atoms with van der Waals surface area (Å²) >= 11 is 1.19. The Kier molecular flexibility index (Phi) is 9.10. The van der Waals surface area contributed by atoms with Crippen LogP contribution in [0.2, 0.25) is 0 Å². The number of carbonyl (C=O) groups is 2. The van der Waals surface area contributed by atoms with Crippen molar-refractivity contribution >= 4 is 29.4 Å². The largest absolute Gasteiger partial charge is 0.493 e. The predicted octanol–water partition coefficient (Wildman–Crippen LogP) is 4.95. The molecule has 0 amide bonds. The van der Waals surface area contributed by atoms with Crippen molar-refractivity contribution in [3.8, 4) is 22.8 Å². The van der Waals surface area contributed by atoms with Crippen molar-refractivity contribution in [2.45, 2.75) is 46.8 Å². The van der Waals surface area contributed by atoms with Gasteiger partial charge < -0.3 is 23.4 Å².